The van der Waals surface area contributed by atoms with Crippen LogP contribution in [0.3, 0.4) is 0 Å². The normalized spacial score (nSPS) is 11.0. The van der Waals surface area contributed by atoms with Gasteiger partial charge in [0.2, 0.25) is 0 Å². The predicted octanol–water partition coefficient (Wildman–Crippen LogP) is 5.69. The molecule has 0 unspecified atom stereocenters. The van der Waals surface area contributed by atoms with E-state index < -0.39 is 27.9 Å². The second kappa shape index (κ2) is 13.9. The molecular weight excluding hydrogens is 594 g/mol. The van der Waals surface area contributed by atoms with Crippen molar-refractivity contribution in [1.29, 1.82) is 0 Å². The first-order valence-electron chi connectivity index (χ1n) is 13.5. The van der Waals surface area contributed by atoms with Crippen LogP contribution in [0.25, 0.3) is 0 Å². The molecule has 0 aliphatic rings. The number of sulfonamides is 1. The molecule has 0 radical (unpaired) electrons. The monoisotopic (exact) mass is 619 g/mol. The van der Waals surface area contributed by atoms with Crippen LogP contribution in [0.1, 0.15) is 36.6 Å². The zero-order valence-corrected chi connectivity index (χ0v) is 24.3. The summed E-state index contributed by atoms with van der Waals surface area (Å²) in [4.78, 5) is 38.2. The Morgan fingerprint density at radius 2 is 1.18 bits per heavy atom. The number of amides is 1. The summed E-state index contributed by atoms with van der Waals surface area (Å²) in [6, 6.07) is 34.8. The molecular formula is C34H25N3O7S. The highest BCUT2D eigenvalue weighted by Crippen LogP contribution is 2.26. The molecule has 0 aromatic heterocycles. The number of nitrogens with one attached hydrogen (secondary N) is 2. The van der Waals surface area contributed by atoms with E-state index in [-0.39, 0.29) is 27.6 Å². The number of anilines is 1. The number of hydrogen-bond acceptors (Lipinski definition) is 8. The van der Waals surface area contributed by atoms with Gasteiger partial charge >= 0.3 is 11.9 Å². The Bertz CT molecular complexity index is 1950. The highest BCUT2D eigenvalue weighted by molar-refractivity contribution is 7.92. The van der Waals surface area contributed by atoms with Gasteiger partial charge in [-0.2, -0.15) is 5.10 Å². The second-order valence-corrected chi connectivity index (χ2v) is 11.1. The Balaban J connectivity index is 1.29. The van der Waals surface area contributed by atoms with Gasteiger partial charge < -0.3 is 9.47 Å². The van der Waals surface area contributed by atoms with E-state index in [4.69, 9.17) is 9.47 Å². The molecule has 0 saturated carbocycles. The van der Waals surface area contributed by atoms with Crippen molar-refractivity contribution in [3.63, 3.8) is 0 Å². The lowest BCUT2D eigenvalue weighted by atomic mass is 10.2. The third-order valence-electron chi connectivity index (χ3n) is 6.24. The number of hydrogen-bond donors (Lipinski definition) is 2. The van der Waals surface area contributed by atoms with E-state index in [1.54, 1.807) is 78.9 Å². The lowest BCUT2D eigenvalue weighted by Gasteiger charge is -2.11. The van der Waals surface area contributed by atoms with E-state index in [9.17, 15) is 22.8 Å². The zero-order valence-electron chi connectivity index (χ0n) is 23.5. The van der Waals surface area contributed by atoms with Crippen LogP contribution < -0.4 is 19.6 Å². The van der Waals surface area contributed by atoms with Crippen molar-refractivity contribution in [2.24, 2.45) is 5.10 Å². The SMILES string of the molecule is O=C(N/N=C\c1ccc(OC(=O)c2ccccc2)cc1OC(=O)c1ccccc1)c1ccc(NS(=O)(=O)c2ccccc2)cc1. The third-order valence-corrected chi connectivity index (χ3v) is 7.64. The van der Waals surface area contributed by atoms with Crippen molar-refractivity contribution in [3.8, 4) is 11.5 Å². The summed E-state index contributed by atoms with van der Waals surface area (Å²) in [5.41, 5.74) is 3.83. The topological polar surface area (TPSA) is 140 Å². The fourth-order valence-electron chi connectivity index (χ4n) is 3.97. The van der Waals surface area contributed by atoms with E-state index >= 15 is 0 Å². The fourth-order valence-corrected chi connectivity index (χ4v) is 5.05. The van der Waals surface area contributed by atoms with Gasteiger partial charge in [-0.1, -0.05) is 54.6 Å². The zero-order chi connectivity index (χ0) is 31.6. The highest BCUT2D eigenvalue weighted by Gasteiger charge is 2.16. The van der Waals surface area contributed by atoms with Crippen molar-refractivity contribution in [2.75, 3.05) is 4.72 Å². The number of benzene rings is 5. The summed E-state index contributed by atoms with van der Waals surface area (Å²) in [7, 11) is -3.78. The minimum absolute atomic E-state index is 0.0373. The van der Waals surface area contributed by atoms with E-state index in [0.717, 1.165) is 0 Å². The molecule has 2 N–H and O–H groups in total. The summed E-state index contributed by atoms with van der Waals surface area (Å²) in [5.74, 6) is -1.65. The van der Waals surface area contributed by atoms with Gasteiger partial charge in [0.25, 0.3) is 15.9 Å². The summed E-state index contributed by atoms with van der Waals surface area (Å²) >= 11 is 0. The van der Waals surface area contributed by atoms with E-state index in [0.29, 0.717) is 16.7 Å². The Kier molecular flexibility index (Phi) is 9.41. The number of nitrogens with zero attached hydrogens (tertiary/aromatic N) is 1. The minimum atomic E-state index is -3.78. The Labute approximate surface area is 259 Å². The smallest absolute Gasteiger partial charge is 0.343 e. The van der Waals surface area contributed by atoms with Crippen molar-refractivity contribution >= 4 is 39.8 Å². The second-order valence-electron chi connectivity index (χ2n) is 9.41. The molecule has 45 heavy (non-hydrogen) atoms. The van der Waals surface area contributed by atoms with Gasteiger partial charge in [-0.05, 0) is 72.8 Å². The summed E-state index contributed by atoms with van der Waals surface area (Å²) in [6.07, 6.45) is 1.27. The largest absolute Gasteiger partial charge is 0.423 e. The molecule has 0 aliphatic heterocycles. The molecule has 5 aromatic carbocycles. The standard InChI is InChI=1S/C34H25N3O7S/c38-32(24-16-19-28(20-17-24)37-45(41,42)30-14-8-3-9-15-30)36-35-23-27-18-21-29(43-33(39)25-10-4-1-5-11-25)22-31(27)44-34(40)26-12-6-2-7-13-26/h1-23,37H,(H,36,38)/b35-23-. The van der Waals surface area contributed by atoms with E-state index in [2.05, 4.69) is 15.2 Å². The number of ether oxygens (including phenoxy) is 2. The quantitative estimate of drug-likeness (QED) is 0.0886. The molecule has 0 spiro atoms. The van der Waals surface area contributed by atoms with Gasteiger partial charge in [0.05, 0.1) is 22.2 Å². The molecule has 0 heterocycles. The van der Waals surface area contributed by atoms with Gasteiger partial charge in [-0.25, -0.2) is 23.4 Å². The van der Waals surface area contributed by atoms with Crippen LogP contribution in [-0.2, 0) is 10.0 Å². The van der Waals surface area contributed by atoms with Crippen LogP contribution in [0.4, 0.5) is 5.69 Å². The maximum Gasteiger partial charge on any atom is 0.343 e. The molecule has 5 aromatic rings. The maximum atomic E-state index is 12.8. The number of rotatable bonds is 10. The van der Waals surface area contributed by atoms with Gasteiger partial charge in [0.1, 0.15) is 11.5 Å². The van der Waals surface area contributed by atoms with Crippen LogP contribution >= 0.6 is 0 Å². The first kappa shape index (κ1) is 30.4. The predicted molar refractivity (Wildman–Crippen MR) is 168 cm³/mol. The number of esters is 2. The third kappa shape index (κ3) is 8.06. The van der Waals surface area contributed by atoms with Crippen molar-refractivity contribution in [3.05, 3.63) is 156 Å². The molecule has 0 atom stereocenters. The molecule has 10 nitrogen and oxygen atoms in total. The summed E-state index contributed by atoms with van der Waals surface area (Å²) in [5, 5.41) is 3.98. The minimum Gasteiger partial charge on any atom is -0.423 e. The summed E-state index contributed by atoms with van der Waals surface area (Å²) < 4.78 is 38.6. The Hall–Kier alpha value is -6.07. The first-order valence-corrected chi connectivity index (χ1v) is 15.0. The van der Waals surface area contributed by atoms with Gasteiger partial charge in [-0.3, -0.25) is 9.52 Å². The Morgan fingerprint density at radius 1 is 0.622 bits per heavy atom. The van der Waals surface area contributed by atoms with E-state index in [1.807, 2.05) is 0 Å². The molecule has 11 heteroatoms. The molecule has 0 saturated heterocycles. The fraction of sp³-hybridized carbons (Fsp3) is 0. The molecule has 1 amide bonds. The van der Waals surface area contributed by atoms with Crippen molar-refractivity contribution in [1.82, 2.24) is 5.43 Å². The molecule has 0 fully saturated rings. The van der Waals surface area contributed by atoms with Crippen LogP contribution in [0.2, 0.25) is 0 Å². The van der Waals surface area contributed by atoms with Gasteiger partial charge in [0.15, 0.2) is 0 Å². The average Bonchev–Trinajstić information content (AvgIpc) is 3.07. The Morgan fingerprint density at radius 3 is 1.78 bits per heavy atom. The lowest BCUT2D eigenvalue weighted by Crippen LogP contribution is -2.18. The first-order chi connectivity index (χ1) is 21.8. The van der Waals surface area contributed by atoms with Crippen LogP contribution in [0.5, 0.6) is 11.5 Å². The molecule has 224 valence electrons. The lowest BCUT2D eigenvalue weighted by molar-refractivity contribution is 0.0731. The highest BCUT2D eigenvalue weighted by atomic mass is 32.2. The average molecular weight is 620 g/mol. The van der Waals surface area contributed by atoms with Crippen molar-refractivity contribution < 1.29 is 32.3 Å². The number of carbonyl (C=O) groups is 3. The number of hydrazone groups is 1. The maximum absolute atomic E-state index is 12.8. The van der Waals surface area contributed by atoms with E-state index in [1.165, 1.54) is 60.8 Å². The van der Waals surface area contributed by atoms with Crippen LogP contribution in [-0.4, -0.2) is 32.5 Å². The molecule has 0 bridgehead atoms. The molecule has 5 rings (SSSR count). The van der Waals surface area contributed by atoms with Crippen LogP contribution in [0, 0.1) is 0 Å². The van der Waals surface area contributed by atoms with Crippen LogP contribution in [0.15, 0.2) is 143 Å². The van der Waals surface area contributed by atoms with Crippen molar-refractivity contribution in [2.45, 2.75) is 4.90 Å². The van der Waals surface area contributed by atoms with Gasteiger partial charge in [0, 0.05) is 22.9 Å². The van der Waals surface area contributed by atoms with Gasteiger partial charge in [-0.15, -0.1) is 0 Å². The number of carbonyl (C=O) groups excluding carboxylic acids is 3. The summed E-state index contributed by atoms with van der Waals surface area (Å²) in [6.45, 7) is 0. The molecule has 0 aliphatic carbocycles.